The summed E-state index contributed by atoms with van der Waals surface area (Å²) in [5.74, 6) is 0.658. The molecule has 7 rings (SSSR count). The molecule has 2 aromatic heterocycles. The van der Waals surface area contributed by atoms with Crippen molar-refractivity contribution in [1.82, 2.24) is 19.5 Å². The van der Waals surface area contributed by atoms with E-state index in [9.17, 15) is 9.90 Å². The van der Waals surface area contributed by atoms with E-state index in [1.54, 1.807) is 11.8 Å². The van der Waals surface area contributed by atoms with Crippen LogP contribution in [0.15, 0.2) is 46.0 Å². The fraction of sp³-hybridized carbons (Fsp3) is 0.417. The van der Waals surface area contributed by atoms with Crippen LogP contribution < -0.4 is 15.1 Å². The summed E-state index contributed by atoms with van der Waals surface area (Å²) >= 11 is 8.80. The molecule has 3 aliphatic rings. The van der Waals surface area contributed by atoms with Gasteiger partial charge in [-0.1, -0.05) is 17.7 Å². The van der Waals surface area contributed by atoms with Crippen LogP contribution in [0.2, 0.25) is 5.02 Å². The van der Waals surface area contributed by atoms with Crippen molar-refractivity contribution in [3.05, 3.63) is 74.8 Å². The fourth-order valence-electron chi connectivity index (χ4n) is 7.32. The summed E-state index contributed by atoms with van der Waals surface area (Å²) in [5.41, 5.74) is 8.12. The van der Waals surface area contributed by atoms with Gasteiger partial charge >= 0.3 is 5.97 Å². The van der Waals surface area contributed by atoms with E-state index in [4.69, 9.17) is 21.4 Å². The lowest BCUT2D eigenvalue weighted by molar-refractivity contribution is -0.937. The molecule has 2 aromatic carbocycles. The lowest BCUT2D eigenvalue weighted by Gasteiger charge is -2.27. The smallest absolute Gasteiger partial charge is 0.358 e. The molecule has 10 nitrogen and oxygen atoms in total. The van der Waals surface area contributed by atoms with E-state index in [1.165, 1.54) is 10.5 Å². The number of thioether (sulfide) groups is 1. The number of allylic oxidation sites excluding steroid dienone is 1. The Labute approximate surface area is 290 Å². The molecule has 252 valence electrons. The van der Waals surface area contributed by atoms with Gasteiger partial charge in [0.25, 0.3) is 0 Å². The lowest BCUT2D eigenvalue weighted by atomic mass is 10.0. The van der Waals surface area contributed by atoms with Crippen LogP contribution in [0.25, 0.3) is 17.0 Å². The largest absolute Gasteiger partial charge is 0.491 e. The van der Waals surface area contributed by atoms with Crippen molar-refractivity contribution in [2.45, 2.75) is 69.1 Å². The van der Waals surface area contributed by atoms with Gasteiger partial charge in [0.15, 0.2) is 5.69 Å². The van der Waals surface area contributed by atoms with E-state index in [0.717, 1.165) is 107 Å². The van der Waals surface area contributed by atoms with E-state index < -0.39 is 5.97 Å². The van der Waals surface area contributed by atoms with Gasteiger partial charge in [0.05, 0.1) is 24.4 Å². The summed E-state index contributed by atoms with van der Waals surface area (Å²) in [5, 5.41) is 28.3. The summed E-state index contributed by atoms with van der Waals surface area (Å²) in [6.45, 7) is 4.65. The maximum atomic E-state index is 13.2. The molecule has 5 heterocycles. The Morgan fingerprint density at radius 3 is 2.88 bits per heavy atom. The third kappa shape index (κ3) is 6.31. The SMILES string of the molecule is C/C=N/N1CCCC/C1=C\c1c(Cl)ccc2c3c(C(=O)O)n(c12)[NH+](C)Cc1cc(n(C)n1)CSc1cc2c(c(c1)OCCC3)NCCC2. The molecule has 48 heavy (non-hydrogen) atoms. The lowest BCUT2D eigenvalue weighted by Crippen LogP contribution is -3.10. The molecule has 12 heteroatoms. The van der Waals surface area contributed by atoms with Crippen LogP contribution in [-0.4, -0.2) is 63.5 Å². The van der Waals surface area contributed by atoms with Gasteiger partial charge in [-0.2, -0.15) is 14.9 Å². The Hall–Kier alpha value is -3.93. The van der Waals surface area contributed by atoms with Crippen molar-refractivity contribution in [1.29, 1.82) is 0 Å². The number of quaternary nitrogens is 1. The molecule has 4 aromatic rings. The maximum absolute atomic E-state index is 13.2. The number of hydrogen-bond donors (Lipinski definition) is 3. The van der Waals surface area contributed by atoms with Gasteiger partial charge in [-0.15, -0.1) is 11.8 Å². The minimum absolute atomic E-state index is 0.272. The number of anilines is 1. The predicted octanol–water partition coefficient (Wildman–Crippen LogP) is 6.01. The number of hydrogen-bond acceptors (Lipinski definition) is 7. The highest BCUT2D eigenvalue weighted by Crippen LogP contribution is 2.39. The maximum Gasteiger partial charge on any atom is 0.358 e. The molecule has 1 fully saturated rings. The molecule has 1 unspecified atom stereocenters. The summed E-state index contributed by atoms with van der Waals surface area (Å²) in [6.07, 6.45) is 10.2. The minimum Gasteiger partial charge on any atom is -0.491 e. The Bertz CT molecular complexity index is 1930. The Morgan fingerprint density at radius 2 is 2.04 bits per heavy atom. The second kappa shape index (κ2) is 13.9. The molecule has 1 saturated heterocycles. The number of halogens is 1. The van der Waals surface area contributed by atoms with Crippen LogP contribution in [-0.2, 0) is 32.2 Å². The number of aromatic nitrogens is 3. The predicted molar refractivity (Wildman–Crippen MR) is 192 cm³/mol. The zero-order valence-electron chi connectivity index (χ0n) is 27.8. The zero-order valence-corrected chi connectivity index (χ0v) is 29.4. The Balaban J connectivity index is 1.38. The highest BCUT2D eigenvalue weighted by molar-refractivity contribution is 7.98. The van der Waals surface area contributed by atoms with Gasteiger partial charge in [0.1, 0.15) is 23.5 Å². The minimum atomic E-state index is -0.965. The van der Waals surface area contributed by atoms with Crippen molar-refractivity contribution in [2.75, 3.05) is 32.1 Å². The van der Waals surface area contributed by atoms with Crippen molar-refractivity contribution in [2.24, 2.45) is 12.1 Å². The van der Waals surface area contributed by atoms with Crippen molar-refractivity contribution in [3.8, 4) is 5.75 Å². The van der Waals surface area contributed by atoms with Crippen LogP contribution in [0.5, 0.6) is 5.75 Å². The van der Waals surface area contributed by atoms with Crippen LogP contribution in [0.1, 0.15) is 77.6 Å². The number of aromatic carboxylic acids is 1. The number of nitrogens with one attached hydrogen (secondary N) is 2. The summed E-state index contributed by atoms with van der Waals surface area (Å²) < 4.78 is 10.3. The van der Waals surface area contributed by atoms with E-state index >= 15 is 0 Å². The first-order valence-electron chi connectivity index (χ1n) is 16.9. The van der Waals surface area contributed by atoms with Gasteiger partial charge in [0.2, 0.25) is 0 Å². The van der Waals surface area contributed by atoms with Crippen molar-refractivity contribution in [3.63, 3.8) is 0 Å². The van der Waals surface area contributed by atoms with Gasteiger partial charge in [-0.3, -0.25) is 9.69 Å². The number of nitrogens with zero attached hydrogens (tertiary/aromatic N) is 5. The quantitative estimate of drug-likeness (QED) is 0.227. The average Bonchev–Trinajstić information content (AvgIpc) is 3.60. The van der Waals surface area contributed by atoms with Crippen LogP contribution in [0, 0.1) is 0 Å². The van der Waals surface area contributed by atoms with Crippen LogP contribution in [0.3, 0.4) is 0 Å². The second-order valence-electron chi connectivity index (χ2n) is 12.8. The molecular weight excluding hydrogens is 646 g/mol. The number of carboxylic acids is 1. The number of fused-ring (bicyclic) bond motifs is 11. The van der Waals surface area contributed by atoms with E-state index in [2.05, 4.69) is 34.7 Å². The molecule has 0 saturated carbocycles. The number of benzene rings is 2. The zero-order chi connectivity index (χ0) is 33.4. The normalized spacial score (nSPS) is 19.6. The third-order valence-electron chi connectivity index (χ3n) is 9.52. The first-order chi connectivity index (χ1) is 23.3. The van der Waals surface area contributed by atoms with Gasteiger partial charge in [-0.05, 0) is 93.3 Å². The van der Waals surface area contributed by atoms with Crippen LogP contribution in [0.4, 0.5) is 5.69 Å². The fourth-order valence-corrected chi connectivity index (χ4v) is 8.53. The number of ether oxygens (including phenoxy) is 1. The highest BCUT2D eigenvalue weighted by atomic mass is 35.5. The molecule has 0 spiro atoms. The topological polar surface area (TPSA) is 101 Å². The molecule has 0 amide bonds. The summed E-state index contributed by atoms with van der Waals surface area (Å²) in [4.78, 5) is 14.4. The Kier molecular flexibility index (Phi) is 9.44. The molecule has 6 bridgehead atoms. The number of rotatable bonds is 3. The van der Waals surface area contributed by atoms with E-state index in [0.29, 0.717) is 31.0 Å². The molecular formula is C36H43ClN7O3S+. The molecule has 0 radical (unpaired) electrons. The summed E-state index contributed by atoms with van der Waals surface area (Å²) in [7, 11) is 3.98. The number of carboxylic acid groups (broad SMARTS) is 1. The van der Waals surface area contributed by atoms with Crippen molar-refractivity contribution < 1.29 is 19.6 Å². The third-order valence-corrected chi connectivity index (χ3v) is 10.9. The standard InChI is InChI=1S/C36H42ClN7O3S/c1-4-39-43-15-6-5-10-25(43)19-30-31(37)13-12-29-28-11-8-16-47-32-20-27(17-23-9-7-14-38-33(23)32)48-22-26-18-24(40-42(26)3)21-41(2)44(34(29)30)35(28)36(45)46/h4,12-13,17-20,38H,5-11,14-16,21-22H2,1-3H3,(H,45,46)/p+1/b25-19+,39-4+. The second-order valence-corrected chi connectivity index (χ2v) is 14.3. The van der Waals surface area contributed by atoms with Gasteiger partial charge in [-0.25, -0.2) is 9.80 Å². The first-order valence-corrected chi connectivity index (χ1v) is 18.3. The summed E-state index contributed by atoms with van der Waals surface area (Å²) in [6, 6.07) is 10.4. The molecule has 3 N–H and O–H groups in total. The number of carbonyl (C=O) groups is 1. The molecule has 1 atom stereocenters. The number of piperidine rings is 1. The van der Waals surface area contributed by atoms with Crippen molar-refractivity contribution >= 4 is 58.2 Å². The first kappa shape index (κ1) is 32.6. The average molecular weight is 689 g/mol. The van der Waals surface area contributed by atoms with E-state index in [-0.39, 0.29) is 5.69 Å². The van der Waals surface area contributed by atoms with Gasteiger partial charge < -0.3 is 15.2 Å². The number of hydrazone groups is 1. The monoisotopic (exact) mass is 688 g/mol. The van der Waals surface area contributed by atoms with Gasteiger partial charge in [0, 0.05) is 59.3 Å². The van der Waals surface area contributed by atoms with E-state index in [1.807, 2.05) is 53.7 Å². The molecule has 3 aliphatic heterocycles. The van der Waals surface area contributed by atoms with Crippen LogP contribution >= 0.6 is 23.4 Å². The highest BCUT2D eigenvalue weighted by Gasteiger charge is 2.30. The Morgan fingerprint density at radius 1 is 1.17 bits per heavy atom. The number of aryl methyl sites for hydroxylation is 3. The molecule has 0 aliphatic carbocycles.